The number of para-hydroxylation sites is 1. The number of carbonyl (C=O) groups is 1. The third kappa shape index (κ3) is 5.81. The third-order valence-electron chi connectivity index (χ3n) is 6.21. The van der Waals surface area contributed by atoms with E-state index in [2.05, 4.69) is 10.2 Å². The summed E-state index contributed by atoms with van der Waals surface area (Å²) >= 11 is 6.50. The number of halogens is 1. The van der Waals surface area contributed by atoms with Gasteiger partial charge in [-0.3, -0.25) is 4.79 Å². The van der Waals surface area contributed by atoms with Crippen LogP contribution in [-0.2, 0) is 11.3 Å². The summed E-state index contributed by atoms with van der Waals surface area (Å²) < 4.78 is 5.65. The van der Waals surface area contributed by atoms with Crippen LogP contribution in [0.5, 0.6) is 0 Å². The SMILES string of the molecule is CC(NC(=O)CCN(Cc1ccco1)c1nc(-c2ccccc2Cl)nc2ccccc12)c1ccccc1. The van der Waals surface area contributed by atoms with Gasteiger partial charge in [-0.05, 0) is 48.9 Å². The van der Waals surface area contributed by atoms with E-state index in [0.29, 0.717) is 23.9 Å². The number of carbonyl (C=O) groups excluding carboxylic acids is 1. The lowest BCUT2D eigenvalue weighted by atomic mass is 10.1. The first-order valence-corrected chi connectivity index (χ1v) is 12.6. The van der Waals surface area contributed by atoms with Crippen LogP contribution in [0, 0.1) is 0 Å². The molecule has 1 unspecified atom stereocenters. The highest BCUT2D eigenvalue weighted by Gasteiger charge is 2.19. The fraction of sp³-hybridized carbons (Fsp3) is 0.167. The molecule has 1 amide bonds. The number of fused-ring (bicyclic) bond motifs is 1. The smallest absolute Gasteiger partial charge is 0.222 e. The van der Waals surface area contributed by atoms with Gasteiger partial charge in [-0.15, -0.1) is 0 Å². The van der Waals surface area contributed by atoms with Gasteiger partial charge < -0.3 is 14.6 Å². The molecule has 186 valence electrons. The fourth-order valence-electron chi connectivity index (χ4n) is 4.29. The van der Waals surface area contributed by atoms with Crippen molar-refractivity contribution in [2.24, 2.45) is 0 Å². The van der Waals surface area contributed by atoms with Crippen LogP contribution in [0.1, 0.15) is 30.7 Å². The minimum Gasteiger partial charge on any atom is -0.467 e. The normalized spacial score (nSPS) is 11.8. The maximum atomic E-state index is 13.0. The Morgan fingerprint density at radius 3 is 2.49 bits per heavy atom. The maximum absolute atomic E-state index is 13.0. The van der Waals surface area contributed by atoms with Crippen molar-refractivity contribution >= 4 is 34.2 Å². The van der Waals surface area contributed by atoms with Crippen molar-refractivity contribution in [2.75, 3.05) is 11.4 Å². The van der Waals surface area contributed by atoms with E-state index in [4.69, 9.17) is 26.0 Å². The van der Waals surface area contributed by atoms with Gasteiger partial charge in [0.2, 0.25) is 5.91 Å². The molecule has 0 saturated heterocycles. The second kappa shape index (κ2) is 11.3. The van der Waals surface area contributed by atoms with Crippen molar-refractivity contribution in [3.63, 3.8) is 0 Å². The number of hydrogen-bond donors (Lipinski definition) is 1. The minimum absolute atomic E-state index is 0.0366. The molecule has 1 N–H and O–H groups in total. The molecule has 0 aliphatic rings. The van der Waals surface area contributed by atoms with E-state index in [1.807, 2.05) is 97.9 Å². The summed E-state index contributed by atoms with van der Waals surface area (Å²) in [6, 6.07) is 29.0. The Morgan fingerprint density at radius 2 is 1.70 bits per heavy atom. The van der Waals surface area contributed by atoms with Gasteiger partial charge in [-0.1, -0.05) is 66.2 Å². The van der Waals surface area contributed by atoms with E-state index in [1.165, 1.54) is 0 Å². The average molecular weight is 511 g/mol. The van der Waals surface area contributed by atoms with Crippen molar-refractivity contribution in [2.45, 2.75) is 25.9 Å². The van der Waals surface area contributed by atoms with E-state index >= 15 is 0 Å². The summed E-state index contributed by atoms with van der Waals surface area (Å²) in [5.41, 5.74) is 2.62. The maximum Gasteiger partial charge on any atom is 0.222 e. The molecule has 37 heavy (non-hydrogen) atoms. The second-order valence-corrected chi connectivity index (χ2v) is 9.23. The summed E-state index contributed by atoms with van der Waals surface area (Å²) in [5, 5.41) is 4.58. The van der Waals surface area contributed by atoms with Gasteiger partial charge in [0.15, 0.2) is 5.82 Å². The molecule has 5 rings (SSSR count). The van der Waals surface area contributed by atoms with E-state index in [0.717, 1.165) is 33.6 Å². The molecule has 0 fully saturated rings. The van der Waals surface area contributed by atoms with Gasteiger partial charge in [-0.25, -0.2) is 9.97 Å². The number of rotatable bonds is 9. The molecule has 1 atom stereocenters. The lowest BCUT2D eigenvalue weighted by molar-refractivity contribution is -0.121. The van der Waals surface area contributed by atoms with Crippen LogP contribution in [0.3, 0.4) is 0 Å². The Balaban J connectivity index is 1.46. The first-order chi connectivity index (χ1) is 18.1. The number of anilines is 1. The predicted molar refractivity (Wildman–Crippen MR) is 147 cm³/mol. The zero-order valence-corrected chi connectivity index (χ0v) is 21.2. The molecular weight excluding hydrogens is 484 g/mol. The molecule has 0 spiro atoms. The average Bonchev–Trinajstić information content (AvgIpc) is 3.44. The summed E-state index contributed by atoms with van der Waals surface area (Å²) in [5.74, 6) is 2.00. The molecule has 0 bridgehead atoms. The number of hydrogen-bond acceptors (Lipinski definition) is 5. The lowest BCUT2D eigenvalue weighted by Crippen LogP contribution is -2.32. The molecule has 0 radical (unpaired) electrons. The molecule has 6 nitrogen and oxygen atoms in total. The minimum atomic E-state index is -0.0843. The Bertz CT molecular complexity index is 1490. The quantitative estimate of drug-likeness (QED) is 0.235. The Labute approximate surface area is 220 Å². The predicted octanol–water partition coefficient (Wildman–Crippen LogP) is 6.82. The summed E-state index contributed by atoms with van der Waals surface area (Å²) in [7, 11) is 0. The van der Waals surface area contributed by atoms with Gasteiger partial charge >= 0.3 is 0 Å². The molecule has 0 aliphatic carbocycles. The first kappa shape index (κ1) is 24.5. The van der Waals surface area contributed by atoms with Gasteiger partial charge in [0.25, 0.3) is 0 Å². The van der Waals surface area contributed by atoms with E-state index in [-0.39, 0.29) is 18.4 Å². The largest absolute Gasteiger partial charge is 0.467 e. The van der Waals surface area contributed by atoms with Crippen molar-refractivity contribution in [3.8, 4) is 11.4 Å². The van der Waals surface area contributed by atoms with Crippen LogP contribution >= 0.6 is 11.6 Å². The zero-order chi connectivity index (χ0) is 25.6. The van der Waals surface area contributed by atoms with E-state index in [9.17, 15) is 4.79 Å². The third-order valence-corrected chi connectivity index (χ3v) is 6.54. The van der Waals surface area contributed by atoms with Crippen LogP contribution in [0.2, 0.25) is 5.02 Å². The molecule has 3 aromatic carbocycles. The van der Waals surface area contributed by atoms with Crippen LogP contribution in [0.15, 0.2) is 102 Å². The van der Waals surface area contributed by atoms with Crippen LogP contribution in [0.25, 0.3) is 22.3 Å². The number of nitrogens with zero attached hydrogens (tertiary/aromatic N) is 3. The molecular formula is C30H27ClN4O2. The van der Waals surface area contributed by atoms with Crippen LogP contribution in [0.4, 0.5) is 5.82 Å². The molecule has 7 heteroatoms. The number of benzene rings is 3. The van der Waals surface area contributed by atoms with Crippen LogP contribution in [-0.4, -0.2) is 22.4 Å². The summed E-state index contributed by atoms with van der Waals surface area (Å²) in [6.45, 7) is 2.89. The highest BCUT2D eigenvalue weighted by Crippen LogP contribution is 2.31. The molecule has 5 aromatic rings. The molecule has 2 aromatic heterocycles. The number of aromatic nitrogens is 2. The number of amides is 1. The first-order valence-electron chi connectivity index (χ1n) is 12.2. The van der Waals surface area contributed by atoms with E-state index in [1.54, 1.807) is 6.26 Å². The van der Waals surface area contributed by atoms with Gasteiger partial charge in [0.1, 0.15) is 11.6 Å². The highest BCUT2D eigenvalue weighted by atomic mass is 35.5. The Morgan fingerprint density at radius 1 is 0.946 bits per heavy atom. The highest BCUT2D eigenvalue weighted by molar-refractivity contribution is 6.33. The lowest BCUT2D eigenvalue weighted by Gasteiger charge is -2.25. The van der Waals surface area contributed by atoms with E-state index < -0.39 is 0 Å². The Kier molecular flexibility index (Phi) is 7.47. The fourth-order valence-corrected chi connectivity index (χ4v) is 4.51. The number of nitrogens with one attached hydrogen (secondary N) is 1. The van der Waals surface area contributed by atoms with Crippen molar-refractivity contribution in [1.29, 1.82) is 0 Å². The summed E-state index contributed by atoms with van der Waals surface area (Å²) in [4.78, 5) is 24.8. The standard InChI is InChI=1S/C30H27ClN4O2/c1-21(22-10-3-2-4-11-22)32-28(36)17-18-35(20-23-12-9-19-37-23)30-25-14-6-8-16-27(25)33-29(34-30)24-13-5-7-15-26(24)31/h2-16,19,21H,17-18,20H2,1H3,(H,32,36). The van der Waals surface area contributed by atoms with Crippen molar-refractivity contribution < 1.29 is 9.21 Å². The second-order valence-electron chi connectivity index (χ2n) is 8.82. The molecule has 0 aliphatic heterocycles. The molecule has 0 saturated carbocycles. The Hall–Kier alpha value is -4.16. The van der Waals surface area contributed by atoms with Crippen LogP contribution < -0.4 is 10.2 Å². The van der Waals surface area contributed by atoms with Gasteiger partial charge in [0.05, 0.1) is 29.4 Å². The zero-order valence-electron chi connectivity index (χ0n) is 20.5. The van der Waals surface area contributed by atoms with Crippen molar-refractivity contribution in [1.82, 2.24) is 15.3 Å². The summed E-state index contributed by atoms with van der Waals surface area (Å²) in [6.07, 6.45) is 1.94. The monoisotopic (exact) mass is 510 g/mol. The van der Waals surface area contributed by atoms with Gasteiger partial charge in [-0.2, -0.15) is 0 Å². The van der Waals surface area contributed by atoms with Crippen molar-refractivity contribution in [3.05, 3.63) is 114 Å². The topological polar surface area (TPSA) is 71.3 Å². The number of furan rings is 1. The van der Waals surface area contributed by atoms with Gasteiger partial charge in [0, 0.05) is 23.9 Å². The molecule has 2 heterocycles.